The molecular weight excluding hydrogens is 180 g/mol. The van der Waals surface area contributed by atoms with E-state index >= 15 is 0 Å². The Kier molecular flexibility index (Phi) is 2.52. The lowest BCUT2D eigenvalue weighted by Crippen LogP contribution is -2.25. The van der Waals surface area contributed by atoms with Gasteiger partial charge in [0, 0.05) is 5.92 Å². The molecule has 0 unspecified atom stereocenters. The van der Waals surface area contributed by atoms with Gasteiger partial charge in [0.1, 0.15) is 0 Å². The Hall–Kier alpha value is -1.30. The molecule has 0 atom stereocenters. The van der Waals surface area contributed by atoms with Crippen LogP contribution in [0.15, 0.2) is 48.6 Å². The molecular formula is C15H18. The predicted molar refractivity (Wildman–Crippen MR) is 66.0 cm³/mol. The summed E-state index contributed by atoms with van der Waals surface area (Å²) in [6, 6.07) is 8.82. The summed E-state index contributed by atoms with van der Waals surface area (Å²) in [7, 11) is 0. The van der Waals surface area contributed by atoms with Gasteiger partial charge in [0.2, 0.25) is 0 Å². The van der Waals surface area contributed by atoms with Gasteiger partial charge in [0.15, 0.2) is 0 Å². The van der Waals surface area contributed by atoms with E-state index in [1.807, 2.05) is 0 Å². The van der Waals surface area contributed by atoms with Gasteiger partial charge < -0.3 is 0 Å². The summed E-state index contributed by atoms with van der Waals surface area (Å²) in [4.78, 5) is 0. The van der Waals surface area contributed by atoms with Crippen LogP contribution in [0.2, 0.25) is 0 Å². The Balaban J connectivity index is 2.36. The summed E-state index contributed by atoms with van der Waals surface area (Å²) in [6.07, 6.45) is 8.84. The molecule has 0 aliphatic heterocycles. The van der Waals surface area contributed by atoms with E-state index < -0.39 is 0 Å². The van der Waals surface area contributed by atoms with Crippen molar-refractivity contribution >= 4 is 0 Å². The van der Waals surface area contributed by atoms with E-state index in [0.29, 0.717) is 5.92 Å². The van der Waals surface area contributed by atoms with E-state index in [1.165, 1.54) is 11.1 Å². The van der Waals surface area contributed by atoms with Crippen LogP contribution in [0.3, 0.4) is 0 Å². The minimum atomic E-state index is 0.190. The Labute approximate surface area is 92.3 Å². The van der Waals surface area contributed by atoms with Gasteiger partial charge in [-0.05, 0) is 17.9 Å². The Morgan fingerprint density at radius 3 is 2.33 bits per heavy atom. The lowest BCUT2D eigenvalue weighted by molar-refractivity contribution is 0.448. The first-order chi connectivity index (χ1) is 7.10. The summed E-state index contributed by atoms with van der Waals surface area (Å²) in [5.41, 5.74) is 2.95. The Morgan fingerprint density at radius 1 is 1.07 bits per heavy atom. The third kappa shape index (κ3) is 1.90. The number of aryl methyl sites for hydroxylation is 1. The maximum Gasteiger partial charge on any atom is 0.00445 e. The quantitative estimate of drug-likeness (QED) is 0.673. The third-order valence-corrected chi connectivity index (χ3v) is 3.34. The molecule has 0 saturated carbocycles. The van der Waals surface area contributed by atoms with Crippen molar-refractivity contribution in [3.8, 4) is 0 Å². The van der Waals surface area contributed by atoms with Crippen molar-refractivity contribution in [2.75, 3.05) is 0 Å². The highest BCUT2D eigenvalue weighted by molar-refractivity contribution is 5.34. The first-order valence-electron chi connectivity index (χ1n) is 5.53. The van der Waals surface area contributed by atoms with Crippen LogP contribution in [-0.4, -0.2) is 0 Å². The third-order valence-electron chi connectivity index (χ3n) is 3.34. The monoisotopic (exact) mass is 198 g/mol. The molecule has 1 aromatic carbocycles. The molecule has 15 heavy (non-hydrogen) atoms. The number of hydrogen-bond acceptors (Lipinski definition) is 0. The fourth-order valence-electron chi connectivity index (χ4n) is 2.15. The van der Waals surface area contributed by atoms with Crippen LogP contribution in [0, 0.1) is 12.8 Å². The Bertz CT molecular complexity index is 396. The fourth-order valence-corrected chi connectivity index (χ4v) is 2.15. The highest BCUT2D eigenvalue weighted by Crippen LogP contribution is 2.35. The Morgan fingerprint density at radius 2 is 1.73 bits per heavy atom. The van der Waals surface area contributed by atoms with Crippen molar-refractivity contribution in [1.82, 2.24) is 0 Å². The van der Waals surface area contributed by atoms with Crippen LogP contribution < -0.4 is 0 Å². The largest absolute Gasteiger partial charge is 0.0768 e. The lowest BCUT2D eigenvalue weighted by atomic mass is 9.74. The zero-order chi connectivity index (χ0) is 10.9. The minimum absolute atomic E-state index is 0.190. The van der Waals surface area contributed by atoms with E-state index in [0.717, 1.165) is 0 Å². The number of hydrogen-bond donors (Lipinski definition) is 0. The van der Waals surface area contributed by atoms with Gasteiger partial charge in [-0.25, -0.2) is 0 Å². The molecule has 0 fully saturated rings. The zero-order valence-electron chi connectivity index (χ0n) is 9.70. The van der Waals surface area contributed by atoms with Crippen molar-refractivity contribution in [2.45, 2.75) is 26.2 Å². The van der Waals surface area contributed by atoms with Gasteiger partial charge in [-0.1, -0.05) is 68.0 Å². The second-order valence-corrected chi connectivity index (χ2v) is 4.89. The number of benzene rings is 1. The maximum absolute atomic E-state index is 2.31. The summed E-state index contributed by atoms with van der Waals surface area (Å²) in [5.74, 6) is 0.527. The van der Waals surface area contributed by atoms with E-state index in [4.69, 9.17) is 0 Å². The van der Waals surface area contributed by atoms with E-state index in [9.17, 15) is 0 Å². The van der Waals surface area contributed by atoms with E-state index in [2.05, 4.69) is 69.3 Å². The van der Waals surface area contributed by atoms with Crippen molar-refractivity contribution in [3.05, 3.63) is 59.7 Å². The van der Waals surface area contributed by atoms with Gasteiger partial charge >= 0.3 is 0 Å². The first kappa shape index (κ1) is 10.2. The zero-order valence-corrected chi connectivity index (χ0v) is 9.70. The van der Waals surface area contributed by atoms with Crippen molar-refractivity contribution in [1.29, 1.82) is 0 Å². The molecule has 0 bridgehead atoms. The smallest absolute Gasteiger partial charge is 0.00445 e. The van der Waals surface area contributed by atoms with Gasteiger partial charge in [-0.15, -0.1) is 0 Å². The maximum atomic E-state index is 2.31. The van der Waals surface area contributed by atoms with Crippen molar-refractivity contribution in [3.63, 3.8) is 0 Å². The van der Waals surface area contributed by atoms with Crippen LogP contribution in [0.1, 0.15) is 25.0 Å². The molecule has 78 valence electrons. The minimum Gasteiger partial charge on any atom is -0.0768 e. The molecule has 1 aliphatic rings. The molecule has 0 amide bonds. The topological polar surface area (TPSA) is 0 Å². The van der Waals surface area contributed by atoms with Crippen molar-refractivity contribution < 1.29 is 0 Å². The van der Waals surface area contributed by atoms with E-state index in [-0.39, 0.29) is 5.41 Å². The van der Waals surface area contributed by atoms with Crippen LogP contribution in [0.25, 0.3) is 0 Å². The van der Waals surface area contributed by atoms with Gasteiger partial charge in [-0.3, -0.25) is 0 Å². The van der Waals surface area contributed by atoms with Crippen LogP contribution in [-0.2, 0) is 5.41 Å². The van der Waals surface area contributed by atoms with Gasteiger partial charge in [0.25, 0.3) is 0 Å². The standard InChI is InChI=1S/C15H18/c1-12-7-6-10-14(11-12)15(2,3)13-8-4-5-9-13/h4-11,13H,1-3H3. The summed E-state index contributed by atoms with van der Waals surface area (Å²) >= 11 is 0. The van der Waals surface area contributed by atoms with Gasteiger partial charge in [0.05, 0.1) is 0 Å². The summed E-state index contributed by atoms with van der Waals surface area (Å²) in [5, 5.41) is 0. The normalized spacial score (nSPS) is 16.2. The predicted octanol–water partition coefficient (Wildman–Crippen LogP) is 4.01. The molecule has 0 radical (unpaired) electrons. The molecule has 0 N–H and O–H groups in total. The highest BCUT2D eigenvalue weighted by Gasteiger charge is 2.28. The molecule has 0 nitrogen and oxygen atoms in total. The fraction of sp³-hybridized carbons (Fsp3) is 0.333. The average Bonchev–Trinajstić information content (AvgIpc) is 2.71. The summed E-state index contributed by atoms with van der Waals surface area (Å²) in [6.45, 7) is 6.78. The number of rotatable bonds is 2. The van der Waals surface area contributed by atoms with Gasteiger partial charge in [-0.2, -0.15) is 0 Å². The molecule has 0 aromatic heterocycles. The highest BCUT2D eigenvalue weighted by atomic mass is 14.3. The van der Waals surface area contributed by atoms with E-state index in [1.54, 1.807) is 0 Å². The number of allylic oxidation sites excluding steroid dienone is 4. The summed E-state index contributed by atoms with van der Waals surface area (Å²) < 4.78 is 0. The van der Waals surface area contributed by atoms with Crippen LogP contribution in [0.5, 0.6) is 0 Å². The second kappa shape index (κ2) is 3.69. The molecule has 0 heteroatoms. The molecule has 1 aliphatic carbocycles. The molecule has 0 spiro atoms. The second-order valence-electron chi connectivity index (χ2n) is 4.89. The lowest BCUT2D eigenvalue weighted by Gasteiger charge is -2.30. The molecule has 2 rings (SSSR count). The van der Waals surface area contributed by atoms with Crippen molar-refractivity contribution in [2.24, 2.45) is 5.92 Å². The van der Waals surface area contributed by atoms with Crippen LogP contribution in [0.4, 0.5) is 0 Å². The molecule has 0 heterocycles. The SMILES string of the molecule is Cc1cccc(C(C)(C)C2C=CC=C2)c1. The average molecular weight is 198 g/mol. The first-order valence-corrected chi connectivity index (χ1v) is 5.53. The molecule has 1 aromatic rings. The van der Waals surface area contributed by atoms with Crippen LogP contribution >= 0.6 is 0 Å². The molecule has 0 saturated heterocycles.